The second kappa shape index (κ2) is 7.24. The Morgan fingerprint density at radius 2 is 1.81 bits per heavy atom. The van der Waals surface area contributed by atoms with Crippen molar-refractivity contribution in [3.05, 3.63) is 90.9 Å². The average molecular weight is 447 g/mol. The van der Waals surface area contributed by atoms with Crippen molar-refractivity contribution in [2.24, 2.45) is 0 Å². The molecule has 0 atom stereocenters. The van der Waals surface area contributed by atoms with Crippen LogP contribution >= 0.6 is 11.3 Å². The summed E-state index contributed by atoms with van der Waals surface area (Å²) in [4.78, 5) is 41.3. The molecule has 0 saturated carbocycles. The Balaban J connectivity index is 1.90. The quantitative estimate of drug-likeness (QED) is 0.390. The third kappa shape index (κ3) is 3.02. The maximum Gasteiger partial charge on any atom is 0.354 e. The minimum atomic E-state index is -1.26. The number of nitrogens with zero attached hydrogens (tertiary/aromatic N) is 2. The molecular weight excluding hydrogens is 430 g/mol. The van der Waals surface area contributed by atoms with E-state index in [0.29, 0.717) is 21.8 Å². The molecule has 9 heteroatoms. The summed E-state index contributed by atoms with van der Waals surface area (Å²) >= 11 is 1.28. The molecule has 0 bridgehead atoms. The summed E-state index contributed by atoms with van der Waals surface area (Å²) in [5.41, 5.74) is 1.21. The van der Waals surface area contributed by atoms with E-state index in [1.54, 1.807) is 39.6 Å². The molecule has 0 spiro atoms. The van der Waals surface area contributed by atoms with E-state index in [4.69, 9.17) is 0 Å². The lowest BCUT2D eigenvalue weighted by atomic mass is 10.1. The van der Waals surface area contributed by atoms with Gasteiger partial charge in [-0.2, -0.15) is 0 Å². The predicted molar refractivity (Wildman–Crippen MR) is 122 cm³/mol. The Kier molecular flexibility index (Phi) is 4.49. The molecule has 0 aliphatic carbocycles. The second-order valence-electron chi connectivity index (χ2n) is 7.55. The number of aryl methyl sites for hydroxylation is 1. The van der Waals surface area contributed by atoms with Gasteiger partial charge in [0.25, 0.3) is 5.56 Å². The number of H-pyrrole nitrogens is 1. The Morgan fingerprint density at radius 3 is 2.53 bits per heavy atom. The number of carboxylic acid groups (broad SMARTS) is 1. The SMILES string of the molecule is Cc1ccc2c(c1)c(-n1c(=O)[nH]c3cscc3c1=O)c(C(=O)O)n2Cc1ccc(O)cc1. The highest BCUT2D eigenvalue weighted by atomic mass is 32.1. The van der Waals surface area contributed by atoms with Gasteiger partial charge in [-0.3, -0.25) is 4.79 Å². The standard InChI is InChI=1S/C23H17N3O5S/c1-12-2-7-18-15(8-12)19(26-21(28)16-10-32-11-17(16)24-23(26)31)20(22(29)30)25(18)9-13-3-5-14(27)6-4-13/h2-8,10-11,27H,9H2,1H3,(H,24,31)(H,29,30). The molecule has 3 aromatic heterocycles. The number of hydrogen-bond donors (Lipinski definition) is 3. The number of fused-ring (bicyclic) bond motifs is 2. The summed E-state index contributed by atoms with van der Waals surface area (Å²) < 4.78 is 2.48. The summed E-state index contributed by atoms with van der Waals surface area (Å²) in [5, 5.41) is 23.8. The molecule has 2 aromatic carbocycles. The largest absolute Gasteiger partial charge is 0.508 e. The van der Waals surface area contributed by atoms with Crippen LogP contribution in [0.25, 0.3) is 27.5 Å². The van der Waals surface area contributed by atoms with Crippen LogP contribution in [0.3, 0.4) is 0 Å². The monoisotopic (exact) mass is 447 g/mol. The van der Waals surface area contributed by atoms with Gasteiger partial charge in [0.2, 0.25) is 0 Å². The number of rotatable bonds is 4. The van der Waals surface area contributed by atoms with Gasteiger partial charge in [0, 0.05) is 22.7 Å². The molecule has 3 heterocycles. The first-order valence-electron chi connectivity index (χ1n) is 9.71. The van der Waals surface area contributed by atoms with E-state index >= 15 is 0 Å². The number of aromatic amines is 1. The fourth-order valence-electron chi connectivity index (χ4n) is 3.99. The highest BCUT2D eigenvalue weighted by Crippen LogP contribution is 2.31. The number of benzene rings is 2. The van der Waals surface area contributed by atoms with Crippen LogP contribution in [-0.4, -0.2) is 30.3 Å². The predicted octanol–water partition coefficient (Wildman–Crippen LogP) is 3.46. The van der Waals surface area contributed by atoms with Gasteiger partial charge in [-0.15, -0.1) is 11.3 Å². The van der Waals surface area contributed by atoms with Crippen molar-refractivity contribution in [2.45, 2.75) is 13.5 Å². The van der Waals surface area contributed by atoms with E-state index in [-0.39, 0.29) is 23.7 Å². The summed E-state index contributed by atoms with van der Waals surface area (Å²) in [6.07, 6.45) is 0. The number of carboxylic acids is 1. The number of nitrogens with one attached hydrogen (secondary N) is 1. The fraction of sp³-hybridized carbons (Fsp3) is 0.0870. The second-order valence-corrected chi connectivity index (χ2v) is 8.29. The Labute approximate surface area is 184 Å². The zero-order valence-corrected chi connectivity index (χ0v) is 17.6. The normalized spacial score (nSPS) is 11.4. The lowest BCUT2D eigenvalue weighted by Crippen LogP contribution is -2.34. The van der Waals surface area contributed by atoms with Crippen molar-refractivity contribution in [2.75, 3.05) is 0 Å². The van der Waals surface area contributed by atoms with Crippen molar-refractivity contribution in [3.63, 3.8) is 0 Å². The molecule has 0 saturated heterocycles. The number of carbonyl (C=O) groups is 1. The van der Waals surface area contributed by atoms with Crippen LogP contribution in [0.5, 0.6) is 5.75 Å². The number of hydrogen-bond acceptors (Lipinski definition) is 5. The van der Waals surface area contributed by atoms with Crippen molar-refractivity contribution in [1.29, 1.82) is 0 Å². The van der Waals surface area contributed by atoms with Crippen molar-refractivity contribution in [3.8, 4) is 11.4 Å². The summed E-state index contributed by atoms with van der Waals surface area (Å²) in [6, 6.07) is 11.8. The fourth-order valence-corrected chi connectivity index (χ4v) is 4.74. The molecule has 0 radical (unpaired) electrons. The lowest BCUT2D eigenvalue weighted by molar-refractivity contribution is 0.0686. The molecule has 3 N–H and O–H groups in total. The molecule has 5 aromatic rings. The number of aromatic hydroxyl groups is 1. The van der Waals surface area contributed by atoms with E-state index < -0.39 is 17.2 Å². The van der Waals surface area contributed by atoms with Gasteiger partial charge in [-0.25, -0.2) is 14.2 Å². The smallest absolute Gasteiger partial charge is 0.354 e. The number of aromatic nitrogens is 3. The van der Waals surface area contributed by atoms with Crippen molar-refractivity contribution >= 4 is 39.1 Å². The molecular formula is C23H17N3O5S. The van der Waals surface area contributed by atoms with Crippen LogP contribution in [0.4, 0.5) is 0 Å². The van der Waals surface area contributed by atoms with Crippen LogP contribution in [0.1, 0.15) is 21.6 Å². The Hall–Kier alpha value is -4.11. The van der Waals surface area contributed by atoms with Gasteiger partial charge in [0.15, 0.2) is 5.69 Å². The molecule has 0 aliphatic rings. The van der Waals surface area contributed by atoms with Crippen molar-refractivity contribution in [1.82, 2.24) is 14.1 Å². The van der Waals surface area contributed by atoms with E-state index in [2.05, 4.69) is 4.98 Å². The third-order valence-corrected chi connectivity index (χ3v) is 6.18. The highest BCUT2D eigenvalue weighted by Gasteiger charge is 2.27. The zero-order valence-electron chi connectivity index (χ0n) is 16.8. The number of aromatic carboxylic acids is 1. The molecule has 0 aliphatic heterocycles. The highest BCUT2D eigenvalue weighted by molar-refractivity contribution is 7.09. The maximum atomic E-state index is 13.2. The third-order valence-electron chi connectivity index (χ3n) is 5.44. The Morgan fingerprint density at radius 1 is 1.06 bits per heavy atom. The first kappa shape index (κ1) is 19.8. The average Bonchev–Trinajstić information content (AvgIpc) is 3.33. The maximum absolute atomic E-state index is 13.2. The lowest BCUT2D eigenvalue weighted by Gasteiger charge is -2.10. The summed E-state index contributed by atoms with van der Waals surface area (Å²) in [6.45, 7) is 2.03. The van der Waals surface area contributed by atoms with Crippen LogP contribution in [0, 0.1) is 6.92 Å². The minimum Gasteiger partial charge on any atom is -0.508 e. The van der Waals surface area contributed by atoms with Crippen LogP contribution < -0.4 is 11.2 Å². The number of phenolic OH excluding ortho intramolecular Hbond substituents is 1. The minimum absolute atomic E-state index is 0.0364. The summed E-state index contributed by atoms with van der Waals surface area (Å²) in [7, 11) is 0. The molecule has 160 valence electrons. The van der Waals surface area contributed by atoms with E-state index in [1.807, 2.05) is 13.0 Å². The van der Waals surface area contributed by atoms with Crippen LogP contribution in [-0.2, 0) is 6.54 Å². The van der Waals surface area contributed by atoms with Gasteiger partial charge in [0.1, 0.15) is 5.75 Å². The zero-order chi connectivity index (χ0) is 22.6. The molecule has 32 heavy (non-hydrogen) atoms. The topological polar surface area (TPSA) is 117 Å². The van der Waals surface area contributed by atoms with Gasteiger partial charge in [-0.1, -0.05) is 23.8 Å². The molecule has 8 nitrogen and oxygen atoms in total. The Bertz CT molecular complexity index is 1640. The summed E-state index contributed by atoms with van der Waals surface area (Å²) in [5.74, 6) is -1.16. The van der Waals surface area contributed by atoms with Crippen LogP contribution in [0.2, 0.25) is 0 Å². The number of phenols is 1. The molecule has 0 unspecified atom stereocenters. The van der Waals surface area contributed by atoms with Gasteiger partial charge < -0.3 is 19.8 Å². The van der Waals surface area contributed by atoms with E-state index in [0.717, 1.165) is 15.7 Å². The molecule has 5 rings (SSSR count). The van der Waals surface area contributed by atoms with Crippen molar-refractivity contribution < 1.29 is 15.0 Å². The molecule has 0 amide bonds. The molecule has 0 fully saturated rings. The van der Waals surface area contributed by atoms with E-state index in [9.17, 15) is 24.6 Å². The van der Waals surface area contributed by atoms with Gasteiger partial charge in [0.05, 0.1) is 22.1 Å². The van der Waals surface area contributed by atoms with Gasteiger partial charge in [-0.05, 0) is 36.8 Å². The van der Waals surface area contributed by atoms with Gasteiger partial charge >= 0.3 is 11.7 Å². The van der Waals surface area contributed by atoms with E-state index in [1.165, 1.54) is 23.5 Å². The first-order valence-corrected chi connectivity index (χ1v) is 10.6. The first-order chi connectivity index (χ1) is 15.3. The number of thiophene rings is 1. The van der Waals surface area contributed by atoms with Crippen LogP contribution in [0.15, 0.2) is 62.8 Å².